The van der Waals surface area contributed by atoms with E-state index < -0.39 is 0 Å². The number of hydrogen-bond acceptors (Lipinski definition) is 1. The second-order valence-electron chi connectivity index (χ2n) is 11.8. The van der Waals surface area contributed by atoms with Crippen LogP contribution in [0.5, 0.6) is 0 Å². The van der Waals surface area contributed by atoms with Crippen LogP contribution in [0.15, 0.2) is 158 Å². The van der Waals surface area contributed by atoms with Crippen LogP contribution in [-0.4, -0.2) is 9.13 Å². The molecule has 2 nitrogen and oxygen atoms in total. The lowest BCUT2D eigenvalue weighted by atomic mass is 10.0. The van der Waals surface area contributed by atoms with Gasteiger partial charge >= 0.3 is 0 Å². The SMILES string of the molecule is c1ccc(-n2c3ccccc3c3cc(-c4ccc5c6c7sc8ccccc8c7ccc6n(-c6ccccc6)c5c4)ccc32)cc1. The molecule has 3 heteroatoms. The second-order valence-corrected chi connectivity index (χ2v) is 12.8. The van der Waals surface area contributed by atoms with E-state index in [1.54, 1.807) is 0 Å². The van der Waals surface area contributed by atoms with Gasteiger partial charge in [-0.15, -0.1) is 11.3 Å². The van der Waals surface area contributed by atoms with Crippen molar-refractivity contribution in [2.24, 2.45) is 0 Å². The van der Waals surface area contributed by atoms with E-state index in [1.165, 1.54) is 86.3 Å². The van der Waals surface area contributed by atoms with Crippen LogP contribution in [0.4, 0.5) is 0 Å². The van der Waals surface area contributed by atoms with Crippen molar-refractivity contribution in [2.75, 3.05) is 0 Å². The van der Waals surface area contributed by atoms with Gasteiger partial charge in [0.05, 0.1) is 22.1 Å². The second kappa shape index (κ2) is 9.43. The molecule has 0 fully saturated rings. The molecule has 0 aliphatic rings. The summed E-state index contributed by atoms with van der Waals surface area (Å²) in [6, 6.07) is 57.6. The van der Waals surface area contributed by atoms with Crippen molar-refractivity contribution in [3.8, 4) is 22.5 Å². The monoisotopic (exact) mass is 590 g/mol. The van der Waals surface area contributed by atoms with Crippen LogP contribution in [-0.2, 0) is 0 Å². The lowest BCUT2D eigenvalue weighted by Crippen LogP contribution is -1.93. The van der Waals surface area contributed by atoms with Gasteiger partial charge in [-0.05, 0) is 71.8 Å². The van der Waals surface area contributed by atoms with Crippen LogP contribution in [0.1, 0.15) is 0 Å². The normalized spacial score (nSPS) is 12.0. The molecular formula is C42H26N2S. The zero-order valence-corrected chi connectivity index (χ0v) is 25.1. The number of hydrogen-bond donors (Lipinski definition) is 0. The Kier molecular flexibility index (Phi) is 5.19. The molecule has 0 bridgehead atoms. The van der Waals surface area contributed by atoms with Crippen molar-refractivity contribution in [1.82, 2.24) is 9.13 Å². The third-order valence-corrected chi connectivity index (χ3v) is 10.5. The first-order chi connectivity index (χ1) is 22.3. The molecule has 0 N–H and O–H groups in total. The largest absolute Gasteiger partial charge is 0.309 e. The third kappa shape index (κ3) is 3.56. The van der Waals surface area contributed by atoms with Crippen molar-refractivity contribution in [3.63, 3.8) is 0 Å². The Hall–Kier alpha value is -5.64. The highest BCUT2D eigenvalue weighted by atomic mass is 32.1. The summed E-state index contributed by atoms with van der Waals surface area (Å²) in [5, 5.41) is 7.82. The maximum absolute atomic E-state index is 2.44. The van der Waals surface area contributed by atoms with Crippen molar-refractivity contribution in [2.45, 2.75) is 0 Å². The van der Waals surface area contributed by atoms with Gasteiger partial charge in [0.1, 0.15) is 0 Å². The molecule has 0 radical (unpaired) electrons. The third-order valence-electron chi connectivity index (χ3n) is 9.31. The molecule has 3 heterocycles. The Morgan fingerprint density at radius 2 is 0.933 bits per heavy atom. The standard InChI is InChI=1S/C42H26N2S/c1-3-11-29(12-4-1)43-36-17-9-7-15-31(36)35-25-27(20-23-37(35)43)28-19-21-34-39(26-28)44(30-13-5-2-6-14-30)38-24-22-33-32-16-8-10-18-40(32)45-42(33)41(34)38/h1-26H. The number of aromatic nitrogens is 2. The topological polar surface area (TPSA) is 9.86 Å². The van der Waals surface area contributed by atoms with Crippen LogP contribution >= 0.6 is 11.3 Å². The molecule has 0 spiro atoms. The number of thiophene rings is 1. The molecule has 10 aromatic rings. The van der Waals surface area contributed by atoms with Crippen molar-refractivity contribution >= 4 is 75.1 Å². The Labute approximate surface area is 263 Å². The molecule has 45 heavy (non-hydrogen) atoms. The molecule has 0 saturated heterocycles. The average molecular weight is 591 g/mol. The Morgan fingerprint density at radius 3 is 1.73 bits per heavy atom. The number of rotatable bonds is 3. The first-order valence-electron chi connectivity index (χ1n) is 15.4. The maximum Gasteiger partial charge on any atom is 0.0555 e. The van der Waals surface area contributed by atoms with E-state index >= 15 is 0 Å². The smallest absolute Gasteiger partial charge is 0.0555 e. The quantitative estimate of drug-likeness (QED) is 0.194. The summed E-state index contributed by atoms with van der Waals surface area (Å²) >= 11 is 1.90. The number of nitrogens with zero attached hydrogens (tertiary/aromatic N) is 2. The molecule has 0 amide bonds. The van der Waals surface area contributed by atoms with Crippen molar-refractivity contribution in [3.05, 3.63) is 158 Å². The van der Waals surface area contributed by atoms with Crippen LogP contribution in [0.3, 0.4) is 0 Å². The molecule has 0 aliphatic carbocycles. The molecular weight excluding hydrogens is 565 g/mol. The first-order valence-corrected chi connectivity index (χ1v) is 16.2. The summed E-state index contributed by atoms with van der Waals surface area (Å²) in [5.74, 6) is 0. The fraction of sp³-hybridized carbons (Fsp3) is 0. The summed E-state index contributed by atoms with van der Waals surface area (Å²) in [5.41, 5.74) is 9.71. The molecule has 0 aliphatic heterocycles. The minimum absolute atomic E-state index is 1.18. The van der Waals surface area contributed by atoms with E-state index in [0.29, 0.717) is 0 Å². The van der Waals surface area contributed by atoms with E-state index in [-0.39, 0.29) is 0 Å². The van der Waals surface area contributed by atoms with Gasteiger partial charge in [-0.3, -0.25) is 0 Å². The highest BCUT2D eigenvalue weighted by molar-refractivity contribution is 7.26. The number of benzene rings is 7. The summed E-state index contributed by atoms with van der Waals surface area (Å²) in [7, 11) is 0. The lowest BCUT2D eigenvalue weighted by molar-refractivity contribution is 1.18. The predicted octanol–water partition coefficient (Wildman–Crippen LogP) is 11.9. The van der Waals surface area contributed by atoms with Crippen LogP contribution in [0.25, 0.3) is 86.3 Å². The van der Waals surface area contributed by atoms with Crippen LogP contribution in [0.2, 0.25) is 0 Å². The molecule has 0 saturated carbocycles. The van der Waals surface area contributed by atoms with Crippen molar-refractivity contribution < 1.29 is 0 Å². The van der Waals surface area contributed by atoms with Gasteiger partial charge < -0.3 is 9.13 Å². The molecule has 7 aromatic carbocycles. The fourth-order valence-corrected chi connectivity index (χ4v) is 8.58. The van der Waals surface area contributed by atoms with Crippen LogP contribution in [0, 0.1) is 0 Å². The zero-order chi connectivity index (χ0) is 29.5. The highest BCUT2D eigenvalue weighted by Gasteiger charge is 2.19. The summed E-state index contributed by atoms with van der Waals surface area (Å²) in [6.07, 6.45) is 0. The average Bonchev–Trinajstić information content (AvgIpc) is 3.76. The molecule has 3 aromatic heterocycles. The van der Waals surface area contributed by atoms with E-state index in [2.05, 4.69) is 167 Å². The zero-order valence-electron chi connectivity index (χ0n) is 24.3. The number of para-hydroxylation sites is 3. The van der Waals surface area contributed by atoms with Gasteiger partial charge in [-0.1, -0.05) is 97.1 Å². The number of fused-ring (bicyclic) bond motifs is 10. The summed E-state index contributed by atoms with van der Waals surface area (Å²) in [4.78, 5) is 0. The molecule has 10 rings (SSSR count). The molecule has 0 unspecified atom stereocenters. The maximum atomic E-state index is 2.44. The molecule has 0 atom stereocenters. The van der Waals surface area contributed by atoms with E-state index in [9.17, 15) is 0 Å². The Morgan fingerprint density at radius 1 is 0.356 bits per heavy atom. The fourth-order valence-electron chi connectivity index (χ4n) is 7.33. The first kappa shape index (κ1) is 24.8. The van der Waals surface area contributed by atoms with E-state index in [4.69, 9.17) is 0 Å². The lowest BCUT2D eigenvalue weighted by Gasteiger charge is -2.10. The van der Waals surface area contributed by atoms with Gasteiger partial charge in [0, 0.05) is 53.1 Å². The Balaban J connectivity index is 1.25. The van der Waals surface area contributed by atoms with Crippen LogP contribution < -0.4 is 0 Å². The summed E-state index contributed by atoms with van der Waals surface area (Å²) < 4.78 is 7.51. The minimum Gasteiger partial charge on any atom is -0.309 e. The molecule has 210 valence electrons. The van der Waals surface area contributed by atoms with Crippen molar-refractivity contribution in [1.29, 1.82) is 0 Å². The highest BCUT2D eigenvalue weighted by Crippen LogP contribution is 2.44. The van der Waals surface area contributed by atoms with Gasteiger partial charge in [-0.25, -0.2) is 0 Å². The summed E-state index contributed by atoms with van der Waals surface area (Å²) in [6.45, 7) is 0. The Bertz CT molecular complexity index is 2740. The van der Waals surface area contributed by atoms with E-state index in [1.807, 2.05) is 11.3 Å². The van der Waals surface area contributed by atoms with Gasteiger partial charge in [0.2, 0.25) is 0 Å². The van der Waals surface area contributed by atoms with E-state index in [0.717, 1.165) is 0 Å². The van der Waals surface area contributed by atoms with Gasteiger partial charge in [0.15, 0.2) is 0 Å². The van der Waals surface area contributed by atoms with Gasteiger partial charge in [-0.2, -0.15) is 0 Å². The van der Waals surface area contributed by atoms with Gasteiger partial charge in [0.25, 0.3) is 0 Å². The predicted molar refractivity (Wildman–Crippen MR) is 193 cm³/mol. The minimum atomic E-state index is 1.18.